The van der Waals surface area contributed by atoms with Crippen molar-refractivity contribution in [1.82, 2.24) is 4.57 Å². The van der Waals surface area contributed by atoms with E-state index in [-0.39, 0.29) is 0 Å². The van der Waals surface area contributed by atoms with E-state index in [1.165, 1.54) is 12.3 Å². The quantitative estimate of drug-likeness (QED) is 0.788. The van der Waals surface area contributed by atoms with Crippen LogP contribution in [0.2, 0.25) is 0 Å². The summed E-state index contributed by atoms with van der Waals surface area (Å²) in [5, 5.41) is 0. The standard InChI is InChI=1S/C13H18BF2NO3/c1-12(2)13(3,4)20-14(19-12)9-5-6-17(8-10(15)16)11(18)7-9/h5-7,10H,8H2,1-4H3. The molecule has 2 rings (SSSR count). The number of rotatable bonds is 3. The van der Waals surface area contributed by atoms with Crippen molar-refractivity contribution in [2.45, 2.75) is 51.9 Å². The molecule has 0 aliphatic carbocycles. The minimum atomic E-state index is -2.56. The second-order valence-electron chi connectivity index (χ2n) is 5.93. The minimum Gasteiger partial charge on any atom is -0.399 e. The van der Waals surface area contributed by atoms with E-state index in [1.807, 2.05) is 27.7 Å². The molecule has 7 heteroatoms. The normalized spacial score (nSPS) is 20.6. The number of aromatic nitrogens is 1. The lowest BCUT2D eigenvalue weighted by Gasteiger charge is -2.32. The Morgan fingerprint density at radius 1 is 1.25 bits per heavy atom. The van der Waals surface area contributed by atoms with Crippen LogP contribution in [0.4, 0.5) is 8.78 Å². The van der Waals surface area contributed by atoms with Crippen LogP contribution >= 0.6 is 0 Å². The number of pyridine rings is 1. The van der Waals surface area contributed by atoms with Crippen molar-refractivity contribution in [1.29, 1.82) is 0 Å². The molecule has 2 heterocycles. The van der Waals surface area contributed by atoms with Gasteiger partial charge in [-0.05, 0) is 39.2 Å². The third kappa shape index (κ3) is 2.78. The lowest BCUT2D eigenvalue weighted by Crippen LogP contribution is -2.41. The van der Waals surface area contributed by atoms with Gasteiger partial charge in [0.05, 0.1) is 17.7 Å². The zero-order valence-electron chi connectivity index (χ0n) is 12.0. The number of hydrogen-bond acceptors (Lipinski definition) is 3. The Kier molecular flexibility index (Phi) is 3.77. The Labute approximate surface area is 116 Å². The van der Waals surface area contributed by atoms with Gasteiger partial charge in [0, 0.05) is 12.3 Å². The fraction of sp³-hybridized carbons (Fsp3) is 0.615. The van der Waals surface area contributed by atoms with Crippen LogP contribution in [-0.2, 0) is 15.9 Å². The molecule has 4 nitrogen and oxygen atoms in total. The van der Waals surface area contributed by atoms with E-state index in [2.05, 4.69) is 0 Å². The molecule has 0 bridgehead atoms. The molecular formula is C13H18BF2NO3. The van der Waals surface area contributed by atoms with Gasteiger partial charge in [0.15, 0.2) is 0 Å². The summed E-state index contributed by atoms with van der Waals surface area (Å²) >= 11 is 0. The van der Waals surface area contributed by atoms with E-state index >= 15 is 0 Å². The first-order valence-electron chi connectivity index (χ1n) is 6.46. The zero-order chi connectivity index (χ0) is 15.1. The molecule has 1 aliphatic rings. The Morgan fingerprint density at radius 3 is 2.25 bits per heavy atom. The van der Waals surface area contributed by atoms with Crippen molar-refractivity contribution < 1.29 is 18.1 Å². The lowest BCUT2D eigenvalue weighted by atomic mass is 9.80. The van der Waals surface area contributed by atoms with Crippen molar-refractivity contribution >= 4 is 12.6 Å². The van der Waals surface area contributed by atoms with Crippen LogP contribution in [0.15, 0.2) is 23.1 Å². The number of hydrogen-bond donors (Lipinski definition) is 0. The Balaban J connectivity index is 2.24. The third-order valence-corrected chi connectivity index (χ3v) is 3.88. The number of halogens is 2. The number of alkyl halides is 2. The van der Waals surface area contributed by atoms with Crippen LogP contribution in [0.1, 0.15) is 27.7 Å². The van der Waals surface area contributed by atoms with Crippen LogP contribution in [0.5, 0.6) is 0 Å². The molecule has 0 amide bonds. The maximum Gasteiger partial charge on any atom is 0.495 e. The highest BCUT2D eigenvalue weighted by atomic mass is 19.3. The van der Waals surface area contributed by atoms with Gasteiger partial charge in [0.1, 0.15) is 0 Å². The van der Waals surface area contributed by atoms with E-state index in [0.717, 1.165) is 4.57 Å². The molecule has 0 radical (unpaired) electrons. The Hall–Kier alpha value is -1.21. The average molecular weight is 285 g/mol. The van der Waals surface area contributed by atoms with Crippen LogP contribution in [0.3, 0.4) is 0 Å². The van der Waals surface area contributed by atoms with Crippen molar-refractivity contribution in [3.63, 3.8) is 0 Å². The van der Waals surface area contributed by atoms with E-state index in [9.17, 15) is 13.6 Å². The summed E-state index contributed by atoms with van der Waals surface area (Å²) in [6, 6.07) is 2.86. The molecule has 1 saturated heterocycles. The average Bonchev–Trinajstić information content (AvgIpc) is 2.50. The van der Waals surface area contributed by atoms with Crippen LogP contribution in [0.25, 0.3) is 0 Å². The summed E-state index contributed by atoms with van der Waals surface area (Å²) in [7, 11) is -0.658. The smallest absolute Gasteiger partial charge is 0.399 e. The fourth-order valence-electron chi connectivity index (χ4n) is 1.95. The predicted molar refractivity (Wildman–Crippen MR) is 72.4 cm³/mol. The lowest BCUT2D eigenvalue weighted by molar-refractivity contribution is 0.00578. The summed E-state index contributed by atoms with van der Waals surface area (Å²) in [5.41, 5.74) is -0.956. The summed E-state index contributed by atoms with van der Waals surface area (Å²) in [6.45, 7) is 7.02. The van der Waals surface area contributed by atoms with Gasteiger partial charge < -0.3 is 13.9 Å². The first kappa shape index (κ1) is 15.2. The maximum absolute atomic E-state index is 12.3. The molecule has 0 atom stereocenters. The second-order valence-corrected chi connectivity index (χ2v) is 5.93. The highest BCUT2D eigenvalue weighted by Crippen LogP contribution is 2.36. The van der Waals surface area contributed by atoms with Crippen LogP contribution in [0, 0.1) is 0 Å². The minimum absolute atomic E-state index is 0.488. The van der Waals surface area contributed by atoms with Crippen molar-refractivity contribution in [3.05, 3.63) is 28.7 Å². The van der Waals surface area contributed by atoms with Crippen LogP contribution < -0.4 is 11.0 Å². The topological polar surface area (TPSA) is 40.5 Å². The molecule has 110 valence electrons. The van der Waals surface area contributed by atoms with Gasteiger partial charge in [-0.1, -0.05) is 0 Å². The highest BCUT2D eigenvalue weighted by Gasteiger charge is 2.51. The third-order valence-electron chi connectivity index (χ3n) is 3.88. The second kappa shape index (κ2) is 4.97. The van der Waals surface area contributed by atoms with Gasteiger partial charge in [-0.15, -0.1) is 0 Å². The first-order valence-corrected chi connectivity index (χ1v) is 6.46. The van der Waals surface area contributed by atoms with Gasteiger partial charge in [0.2, 0.25) is 5.56 Å². The van der Waals surface area contributed by atoms with Gasteiger partial charge in [-0.3, -0.25) is 4.79 Å². The van der Waals surface area contributed by atoms with Crippen LogP contribution in [-0.4, -0.2) is 29.3 Å². The molecule has 0 spiro atoms. The van der Waals surface area contributed by atoms with Gasteiger partial charge >= 0.3 is 7.12 Å². The SMILES string of the molecule is CC1(C)OB(c2ccn(CC(F)F)c(=O)c2)OC1(C)C. The summed E-state index contributed by atoms with van der Waals surface area (Å²) in [5.74, 6) is 0. The summed E-state index contributed by atoms with van der Waals surface area (Å²) < 4.78 is 37.2. The fourth-order valence-corrected chi connectivity index (χ4v) is 1.95. The van der Waals surface area contributed by atoms with Crippen molar-refractivity contribution in [2.75, 3.05) is 0 Å². The van der Waals surface area contributed by atoms with E-state index in [1.54, 1.807) is 6.07 Å². The first-order chi connectivity index (χ1) is 9.12. The molecule has 20 heavy (non-hydrogen) atoms. The largest absolute Gasteiger partial charge is 0.495 e. The van der Waals surface area contributed by atoms with E-state index in [0.29, 0.717) is 5.46 Å². The van der Waals surface area contributed by atoms with Gasteiger partial charge in [-0.25, -0.2) is 8.78 Å². The zero-order valence-corrected chi connectivity index (χ0v) is 12.0. The molecule has 1 aromatic rings. The molecule has 1 aromatic heterocycles. The predicted octanol–water partition coefficient (Wildman–Crippen LogP) is 1.41. The molecule has 1 fully saturated rings. The molecule has 1 aliphatic heterocycles. The van der Waals surface area contributed by atoms with Gasteiger partial charge in [0.25, 0.3) is 6.43 Å². The molecule has 0 aromatic carbocycles. The molecule has 0 N–H and O–H groups in total. The maximum atomic E-state index is 12.3. The van der Waals surface area contributed by atoms with E-state index < -0.39 is 36.8 Å². The van der Waals surface area contributed by atoms with Crippen molar-refractivity contribution in [2.24, 2.45) is 0 Å². The monoisotopic (exact) mass is 285 g/mol. The van der Waals surface area contributed by atoms with Crippen molar-refractivity contribution in [3.8, 4) is 0 Å². The molecule has 0 saturated carbocycles. The summed E-state index contributed by atoms with van der Waals surface area (Å²) in [4.78, 5) is 11.8. The highest BCUT2D eigenvalue weighted by molar-refractivity contribution is 6.62. The number of nitrogens with zero attached hydrogens (tertiary/aromatic N) is 1. The Morgan fingerprint density at radius 2 is 1.80 bits per heavy atom. The summed E-state index contributed by atoms with van der Waals surface area (Å²) in [6.07, 6.45) is -1.22. The Bertz CT molecular complexity index is 541. The molecule has 0 unspecified atom stereocenters. The van der Waals surface area contributed by atoms with E-state index in [4.69, 9.17) is 9.31 Å². The van der Waals surface area contributed by atoms with Gasteiger partial charge in [-0.2, -0.15) is 0 Å². The molecular weight excluding hydrogens is 267 g/mol.